The van der Waals surface area contributed by atoms with Crippen molar-refractivity contribution in [3.8, 4) is 10.6 Å². The molecule has 1 aliphatic carbocycles. The summed E-state index contributed by atoms with van der Waals surface area (Å²) in [5, 5.41) is 5.23. The van der Waals surface area contributed by atoms with Crippen LogP contribution < -0.4 is 11.3 Å². The van der Waals surface area contributed by atoms with Crippen LogP contribution in [0.2, 0.25) is 0 Å². The average molecular weight is 392 g/mol. The van der Waals surface area contributed by atoms with Crippen LogP contribution >= 0.6 is 11.3 Å². The van der Waals surface area contributed by atoms with Gasteiger partial charge in [-0.25, -0.2) is 0 Å². The predicted octanol–water partition coefficient (Wildman–Crippen LogP) is 2.76. The predicted molar refractivity (Wildman–Crippen MR) is 109 cm³/mol. The largest absolute Gasteiger partial charge is 0.493 e. The van der Waals surface area contributed by atoms with Crippen molar-refractivity contribution in [2.75, 3.05) is 12.8 Å². The minimum Gasteiger partial charge on any atom is -0.493 e. The molecule has 0 unspecified atom stereocenters. The quantitative estimate of drug-likeness (QED) is 0.736. The number of ketones is 1. The third-order valence-corrected chi connectivity index (χ3v) is 5.25. The number of carbonyl (C=O) groups excluding carboxylic acids is 1. The molecule has 0 fully saturated rings. The molecule has 1 aliphatic rings. The van der Waals surface area contributed by atoms with Gasteiger partial charge < -0.3 is 10.5 Å². The molecule has 2 aromatic heterocycles. The van der Waals surface area contributed by atoms with E-state index in [0.717, 1.165) is 11.1 Å². The molecule has 0 bridgehead atoms. The number of carbonyl (C=O) groups is 1. The van der Waals surface area contributed by atoms with Crippen LogP contribution in [0.1, 0.15) is 11.1 Å². The van der Waals surface area contributed by atoms with Crippen molar-refractivity contribution in [1.29, 1.82) is 0 Å². The zero-order valence-corrected chi connectivity index (χ0v) is 16.0. The monoisotopic (exact) mass is 392 g/mol. The minimum atomic E-state index is -0.457. The summed E-state index contributed by atoms with van der Waals surface area (Å²) in [6.45, 7) is 2.01. The molecule has 0 atom stereocenters. The number of nitrogens with two attached hydrogens (primary N) is 1. The number of allylic oxidation sites excluding steroid dienone is 4. The van der Waals surface area contributed by atoms with Gasteiger partial charge in [-0.15, -0.1) is 0 Å². The van der Waals surface area contributed by atoms with E-state index in [2.05, 4.69) is 10.1 Å². The first-order valence-electron chi connectivity index (χ1n) is 8.42. The highest BCUT2D eigenvalue weighted by molar-refractivity contribution is 7.19. The third-order valence-electron chi connectivity index (χ3n) is 4.29. The Morgan fingerprint density at radius 1 is 1.18 bits per heavy atom. The van der Waals surface area contributed by atoms with E-state index in [1.807, 2.05) is 31.2 Å². The highest BCUT2D eigenvalue weighted by Gasteiger charge is 2.16. The number of methoxy groups -OCH3 is 1. The fourth-order valence-electron chi connectivity index (χ4n) is 2.77. The number of nitrogen functional groups attached to an aromatic ring is 1. The summed E-state index contributed by atoms with van der Waals surface area (Å²) < 4.78 is 6.51. The number of aromatic nitrogens is 3. The molecule has 4 rings (SSSR count). The van der Waals surface area contributed by atoms with Crippen molar-refractivity contribution in [2.24, 2.45) is 0 Å². The van der Waals surface area contributed by atoms with E-state index in [0.29, 0.717) is 15.5 Å². The van der Waals surface area contributed by atoms with Crippen molar-refractivity contribution in [3.63, 3.8) is 0 Å². The number of anilines is 1. The molecule has 8 heteroatoms. The van der Waals surface area contributed by atoms with Crippen molar-refractivity contribution in [3.05, 3.63) is 75.3 Å². The van der Waals surface area contributed by atoms with Gasteiger partial charge in [0.05, 0.1) is 12.7 Å². The van der Waals surface area contributed by atoms with E-state index < -0.39 is 5.56 Å². The Hall–Kier alpha value is -3.52. The number of ether oxygens (including phenoxy) is 1. The van der Waals surface area contributed by atoms with E-state index in [9.17, 15) is 9.59 Å². The maximum Gasteiger partial charge on any atom is 0.283 e. The molecule has 2 N–H and O–H groups in total. The van der Waals surface area contributed by atoms with E-state index in [1.165, 1.54) is 29.0 Å². The summed E-state index contributed by atoms with van der Waals surface area (Å²) in [4.78, 5) is 28.7. The first kappa shape index (κ1) is 17.9. The van der Waals surface area contributed by atoms with Gasteiger partial charge in [0.1, 0.15) is 10.8 Å². The smallest absolute Gasteiger partial charge is 0.283 e. The molecule has 0 amide bonds. The third kappa shape index (κ3) is 3.14. The van der Waals surface area contributed by atoms with Crippen LogP contribution in [0, 0.1) is 6.92 Å². The lowest BCUT2D eigenvalue weighted by molar-refractivity contribution is -0.114. The Labute approximate surface area is 164 Å². The molecule has 28 heavy (non-hydrogen) atoms. The summed E-state index contributed by atoms with van der Waals surface area (Å²) in [5.74, 6) is 0.145. The Kier molecular flexibility index (Phi) is 4.40. The average Bonchev–Trinajstić information content (AvgIpc) is 3.11. The molecule has 0 saturated carbocycles. The molecule has 1 aromatic carbocycles. The van der Waals surface area contributed by atoms with Crippen LogP contribution in [0.3, 0.4) is 0 Å². The molecule has 0 saturated heterocycles. The van der Waals surface area contributed by atoms with Gasteiger partial charge in [-0.1, -0.05) is 47.2 Å². The van der Waals surface area contributed by atoms with Crippen molar-refractivity contribution >= 4 is 34.0 Å². The van der Waals surface area contributed by atoms with Crippen LogP contribution in [0.25, 0.3) is 21.6 Å². The van der Waals surface area contributed by atoms with Gasteiger partial charge in [-0.2, -0.15) is 14.6 Å². The SMILES string of the molecule is COC1=CC(=Cc2c(N)n3nc(-c4ccc(C)cc4)sc3nc2=O)C=CC1=O. The van der Waals surface area contributed by atoms with E-state index >= 15 is 0 Å². The number of rotatable bonds is 3. The minimum absolute atomic E-state index is 0.190. The number of benzene rings is 1. The van der Waals surface area contributed by atoms with Crippen LogP contribution in [0.5, 0.6) is 0 Å². The molecule has 0 spiro atoms. The van der Waals surface area contributed by atoms with E-state index in [1.54, 1.807) is 18.2 Å². The standard InChI is InChI=1S/C20H16N4O3S/c1-11-3-6-13(7-4-11)19-23-24-17(21)14(18(26)22-20(24)28-19)9-12-5-8-15(25)16(10-12)27-2/h3-10H,21H2,1-2H3. The summed E-state index contributed by atoms with van der Waals surface area (Å²) in [6, 6.07) is 7.92. The van der Waals surface area contributed by atoms with Crippen LogP contribution in [-0.2, 0) is 9.53 Å². The Morgan fingerprint density at radius 2 is 1.93 bits per heavy atom. The van der Waals surface area contributed by atoms with Gasteiger partial charge in [0, 0.05) is 5.56 Å². The second kappa shape index (κ2) is 6.90. The topological polar surface area (TPSA) is 99.6 Å². The van der Waals surface area contributed by atoms with Gasteiger partial charge in [-0.05, 0) is 30.7 Å². The fourth-order valence-corrected chi connectivity index (χ4v) is 3.67. The van der Waals surface area contributed by atoms with Gasteiger partial charge in [0.2, 0.25) is 10.7 Å². The lowest BCUT2D eigenvalue weighted by Crippen LogP contribution is -2.17. The zero-order valence-electron chi connectivity index (χ0n) is 15.2. The van der Waals surface area contributed by atoms with Gasteiger partial charge in [0.15, 0.2) is 5.76 Å². The Balaban J connectivity index is 1.83. The highest BCUT2D eigenvalue weighted by Crippen LogP contribution is 2.27. The Bertz CT molecular complexity index is 1250. The first-order chi connectivity index (χ1) is 13.5. The summed E-state index contributed by atoms with van der Waals surface area (Å²) in [6.07, 6.45) is 6.10. The van der Waals surface area contributed by atoms with Crippen molar-refractivity contribution < 1.29 is 9.53 Å². The lowest BCUT2D eigenvalue weighted by atomic mass is 10.0. The summed E-state index contributed by atoms with van der Waals surface area (Å²) in [5.41, 5.74) is 8.66. The molecule has 2 heterocycles. The highest BCUT2D eigenvalue weighted by atomic mass is 32.1. The summed E-state index contributed by atoms with van der Waals surface area (Å²) >= 11 is 1.29. The maximum atomic E-state index is 12.5. The zero-order chi connectivity index (χ0) is 19.8. The number of hydrogen-bond donors (Lipinski definition) is 1. The van der Waals surface area contributed by atoms with E-state index in [4.69, 9.17) is 10.5 Å². The number of nitrogens with zero attached hydrogens (tertiary/aromatic N) is 3. The molecule has 7 nitrogen and oxygen atoms in total. The van der Waals surface area contributed by atoms with Crippen LogP contribution in [0.15, 0.2) is 58.6 Å². The van der Waals surface area contributed by atoms with Crippen molar-refractivity contribution in [1.82, 2.24) is 14.6 Å². The molecular formula is C20H16N4O3S. The van der Waals surface area contributed by atoms with E-state index in [-0.39, 0.29) is 22.9 Å². The van der Waals surface area contributed by atoms with Crippen LogP contribution in [-0.4, -0.2) is 27.5 Å². The van der Waals surface area contributed by atoms with Gasteiger partial charge in [-0.3, -0.25) is 9.59 Å². The lowest BCUT2D eigenvalue weighted by Gasteiger charge is -2.08. The molecule has 3 aromatic rings. The van der Waals surface area contributed by atoms with Gasteiger partial charge in [0.25, 0.3) is 5.56 Å². The van der Waals surface area contributed by atoms with Gasteiger partial charge >= 0.3 is 0 Å². The summed E-state index contributed by atoms with van der Waals surface area (Å²) in [7, 11) is 1.42. The second-order valence-corrected chi connectivity index (χ2v) is 7.19. The molecule has 0 radical (unpaired) electrons. The first-order valence-corrected chi connectivity index (χ1v) is 9.24. The fraction of sp³-hybridized carbons (Fsp3) is 0.100. The van der Waals surface area contributed by atoms with Crippen molar-refractivity contribution in [2.45, 2.75) is 6.92 Å². The Morgan fingerprint density at radius 3 is 2.64 bits per heavy atom. The molecular weight excluding hydrogens is 376 g/mol. The maximum absolute atomic E-state index is 12.5. The number of aryl methyl sites for hydroxylation is 1. The molecule has 0 aliphatic heterocycles. The normalized spacial score (nSPS) is 15.3. The number of fused-ring (bicyclic) bond motifs is 1. The number of hydrogen-bond acceptors (Lipinski definition) is 7. The van der Waals surface area contributed by atoms with Crippen LogP contribution in [0.4, 0.5) is 5.82 Å². The second-order valence-electron chi connectivity index (χ2n) is 6.24. The molecule has 140 valence electrons.